The van der Waals surface area contributed by atoms with Crippen LogP contribution in [-0.4, -0.2) is 31.2 Å². The van der Waals surface area contributed by atoms with Gasteiger partial charge in [0.25, 0.3) is 0 Å². The van der Waals surface area contributed by atoms with Crippen molar-refractivity contribution >= 4 is 11.7 Å². The maximum absolute atomic E-state index is 11.4. The van der Waals surface area contributed by atoms with Crippen LogP contribution in [0, 0.1) is 10.1 Å². The molecule has 110 valence electrons. The fourth-order valence-electron chi connectivity index (χ4n) is 1.66. The Balaban J connectivity index is 3.28. The van der Waals surface area contributed by atoms with Crippen LogP contribution in [0.1, 0.15) is 19.4 Å². The minimum Gasteiger partial charge on any atom is -0.493 e. The van der Waals surface area contributed by atoms with Gasteiger partial charge < -0.3 is 14.2 Å². The molecule has 0 saturated heterocycles. The number of methoxy groups -OCH3 is 1. The zero-order chi connectivity index (χ0) is 15.1. The third-order valence-electron chi connectivity index (χ3n) is 2.50. The second-order valence-corrected chi connectivity index (χ2v) is 3.80. The molecule has 7 heteroatoms. The van der Waals surface area contributed by atoms with Gasteiger partial charge in [-0.05, 0) is 13.8 Å². The van der Waals surface area contributed by atoms with Crippen LogP contribution in [0.2, 0.25) is 0 Å². The van der Waals surface area contributed by atoms with Gasteiger partial charge in [-0.15, -0.1) is 0 Å². The number of carbonyl (C=O) groups excluding carboxylic acids is 1. The van der Waals surface area contributed by atoms with Crippen molar-refractivity contribution in [2.24, 2.45) is 0 Å². The predicted molar refractivity (Wildman–Crippen MR) is 71.2 cm³/mol. The Morgan fingerprint density at radius 3 is 2.30 bits per heavy atom. The first-order valence-electron chi connectivity index (χ1n) is 6.17. The second-order valence-electron chi connectivity index (χ2n) is 3.80. The van der Waals surface area contributed by atoms with Crippen molar-refractivity contribution in [3.05, 3.63) is 27.8 Å². The highest BCUT2D eigenvalue weighted by molar-refractivity contribution is 5.74. The number of hydrogen-bond acceptors (Lipinski definition) is 6. The molecule has 0 atom stereocenters. The van der Waals surface area contributed by atoms with Crippen LogP contribution in [0.5, 0.6) is 11.5 Å². The van der Waals surface area contributed by atoms with Gasteiger partial charge in [0.1, 0.15) is 5.75 Å². The van der Waals surface area contributed by atoms with Gasteiger partial charge in [0.15, 0.2) is 0 Å². The molecule has 0 aliphatic heterocycles. The molecular formula is C13H17NO6. The molecular weight excluding hydrogens is 266 g/mol. The summed E-state index contributed by atoms with van der Waals surface area (Å²) < 4.78 is 15.2. The lowest BCUT2D eigenvalue weighted by atomic mass is 10.1. The van der Waals surface area contributed by atoms with Gasteiger partial charge in [-0.2, -0.15) is 0 Å². The first-order chi connectivity index (χ1) is 9.53. The Labute approximate surface area is 116 Å². The fourth-order valence-corrected chi connectivity index (χ4v) is 1.66. The standard InChI is InChI=1S/C13H17NO6/c1-4-19-11-8-12(20-5-2)10(14(16)17)6-9(11)7-13(15)18-3/h6,8H,4-5,7H2,1-3H3. The lowest BCUT2D eigenvalue weighted by molar-refractivity contribution is -0.385. The van der Waals surface area contributed by atoms with Crippen molar-refractivity contribution in [2.45, 2.75) is 20.3 Å². The Morgan fingerprint density at radius 2 is 1.80 bits per heavy atom. The van der Waals surface area contributed by atoms with Gasteiger partial charge in [0, 0.05) is 17.7 Å². The molecule has 1 rings (SSSR count). The largest absolute Gasteiger partial charge is 0.493 e. The average Bonchev–Trinajstić information content (AvgIpc) is 2.41. The van der Waals surface area contributed by atoms with E-state index in [2.05, 4.69) is 4.74 Å². The summed E-state index contributed by atoms with van der Waals surface area (Å²) in [5, 5.41) is 11.0. The number of nitrogens with zero attached hydrogens (tertiary/aromatic N) is 1. The van der Waals surface area contributed by atoms with Crippen molar-refractivity contribution in [1.82, 2.24) is 0 Å². The molecule has 0 heterocycles. The van der Waals surface area contributed by atoms with Gasteiger partial charge in [0.2, 0.25) is 5.75 Å². The number of nitro benzene ring substituents is 1. The lowest BCUT2D eigenvalue weighted by Gasteiger charge is -2.12. The molecule has 0 aliphatic rings. The molecule has 0 fully saturated rings. The highest BCUT2D eigenvalue weighted by Gasteiger charge is 2.21. The van der Waals surface area contributed by atoms with Crippen LogP contribution in [0.15, 0.2) is 12.1 Å². The molecule has 1 aromatic carbocycles. The Morgan fingerprint density at radius 1 is 1.20 bits per heavy atom. The topological polar surface area (TPSA) is 87.9 Å². The van der Waals surface area contributed by atoms with Crippen LogP contribution in [-0.2, 0) is 16.0 Å². The Bertz CT molecular complexity index is 500. The van der Waals surface area contributed by atoms with Crippen LogP contribution in [0.3, 0.4) is 0 Å². The molecule has 0 spiro atoms. The summed E-state index contributed by atoms with van der Waals surface area (Å²) in [5.41, 5.74) is 0.197. The minimum absolute atomic E-state index is 0.0981. The van der Waals surface area contributed by atoms with Crippen molar-refractivity contribution < 1.29 is 23.9 Å². The van der Waals surface area contributed by atoms with Crippen molar-refractivity contribution in [3.63, 3.8) is 0 Å². The van der Waals surface area contributed by atoms with Gasteiger partial charge in [-0.25, -0.2) is 0 Å². The smallest absolute Gasteiger partial charge is 0.311 e. The summed E-state index contributed by atoms with van der Waals surface area (Å²) in [4.78, 5) is 21.8. The van der Waals surface area contributed by atoms with E-state index in [0.717, 1.165) is 0 Å². The van der Waals surface area contributed by atoms with E-state index in [-0.39, 0.29) is 17.9 Å². The number of ether oxygens (including phenoxy) is 3. The summed E-state index contributed by atoms with van der Waals surface area (Å²) in [6, 6.07) is 2.72. The third kappa shape index (κ3) is 3.84. The van der Waals surface area contributed by atoms with E-state index in [1.54, 1.807) is 13.8 Å². The molecule has 7 nitrogen and oxygen atoms in total. The zero-order valence-corrected chi connectivity index (χ0v) is 11.7. The fraction of sp³-hybridized carbons (Fsp3) is 0.462. The number of carbonyl (C=O) groups is 1. The number of rotatable bonds is 7. The van der Waals surface area contributed by atoms with Gasteiger partial charge >= 0.3 is 11.7 Å². The second kappa shape index (κ2) is 7.32. The minimum atomic E-state index is -0.554. The third-order valence-corrected chi connectivity index (χ3v) is 2.50. The molecule has 0 bridgehead atoms. The van der Waals surface area contributed by atoms with E-state index >= 15 is 0 Å². The zero-order valence-electron chi connectivity index (χ0n) is 11.7. The number of nitro groups is 1. The molecule has 0 aromatic heterocycles. The van der Waals surface area contributed by atoms with Crippen molar-refractivity contribution in [3.8, 4) is 11.5 Å². The molecule has 0 saturated carbocycles. The molecule has 0 aliphatic carbocycles. The summed E-state index contributed by atoms with van der Waals surface area (Å²) in [7, 11) is 1.26. The van der Waals surface area contributed by atoms with Crippen LogP contribution < -0.4 is 9.47 Å². The highest BCUT2D eigenvalue weighted by Crippen LogP contribution is 2.35. The van der Waals surface area contributed by atoms with E-state index in [4.69, 9.17) is 9.47 Å². The van der Waals surface area contributed by atoms with Crippen molar-refractivity contribution in [2.75, 3.05) is 20.3 Å². The number of benzene rings is 1. The van der Waals surface area contributed by atoms with Crippen LogP contribution >= 0.6 is 0 Å². The first kappa shape index (κ1) is 15.7. The predicted octanol–water partition coefficient (Wildman–Crippen LogP) is 2.11. The molecule has 1 aromatic rings. The Kier molecular flexibility index (Phi) is 5.76. The number of esters is 1. The summed E-state index contributed by atoms with van der Waals surface area (Å²) in [6.07, 6.45) is -0.0981. The van der Waals surface area contributed by atoms with E-state index < -0.39 is 10.9 Å². The normalized spacial score (nSPS) is 9.95. The molecule has 0 radical (unpaired) electrons. The summed E-state index contributed by atoms with van der Waals surface area (Å²) >= 11 is 0. The molecule has 0 N–H and O–H groups in total. The first-order valence-corrected chi connectivity index (χ1v) is 6.17. The molecule has 0 unspecified atom stereocenters. The molecule has 20 heavy (non-hydrogen) atoms. The van der Waals surface area contributed by atoms with Gasteiger partial charge in [-0.3, -0.25) is 14.9 Å². The number of hydrogen-bond donors (Lipinski definition) is 0. The molecule has 0 amide bonds. The van der Waals surface area contributed by atoms with Gasteiger partial charge in [0.05, 0.1) is 31.7 Å². The summed E-state index contributed by atoms with van der Waals surface area (Å²) in [5.74, 6) is 0.00549. The average molecular weight is 283 g/mol. The maximum atomic E-state index is 11.4. The van der Waals surface area contributed by atoms with E-state index in [9.17, 15) is 14.9 Å². The van der Waals surface area contributed by atoms with E-state index in [1.165, 1.54) is 19.2 Å². The van der Waals surface area contributed by atoms with Crippen LogP contribution in [0.4, 0.5) is 5.69 Å². The van der Waals surface area contributed by atoms with E-state index in [0.29, 0.717) is 24.5 Å². The quantitative estimate of drug-likeness (QED) is 0.432. The van der Waals surface area contributed by atoms with Crippen molar-refractivity contribution in [1.29, 1.82) is 0 Å². The van der Waals surface area contributed by atoms with Crippen LogP contribution in [0.25, 0.3) is 0 Å². The van der Waals surface area contributed by atoms with Gasteiger partial charge in [-0.1, -0.05) is 0 Å². The maximum Gasteiger partial charge on any atom is 0.311 e. The SMILES string of the molecule is CCOc1cc(OCC)c([N+](=O)[O-])cc1CC(=O)OC. The monoisotopic (exact) mass is 283 g/mol. The highest BCUT2D eigenvalue weighted by atomic mass is 16.6. The summed E-state index contributed by atoms with van der Waals surface area (Å²) in [6.45, 7) is 4.18. The lowest BCUT2D eigenvalue weighted by Crippen LogP contribution is -2.08. The van der Waals surface area contributed by atoms with E-state index in [1.807, 2.05) is 0 Å². The Hall–Kier alpha value is -2.31.